The molecule has 5 heteroatoms. The molecule has 0 spiro atoms. The lowest BCUT2D eigenvalue weighted by Gasteiger charge is -2.35. The second kappa shape index (κ2) is 5.37. The lowest BCUT2D eigenvalue weighted by molar-refractivity contribution is -0.134. The predicted octanol–water partition coefficient (Wildman–Crippen LogP) is 1.99. The van der Waals surface area contributed by atoms with Gasteiger partial charge in [-0.3, -0.25) is 9.48 Å². The number of likely N-dealkylation sites (tertiary alicyclic amines) is 1. The minimum atomic E-state index is 0.183. The van der Waals surface area contributed by atoms with Gasteiger partial charge in [-0.05, 0) is 40.8 Å². The van der Waals surface area contributed by atoms with Gasteiger partial charge in [0.05, 0.1) is 9.77 Å². The molecule has 0 bridgehead atoms. The van der Waals surface area contributed by atoms with Crippen LogP contribution in [0, 0.1) is 15.4 Å². The number of hydrogen-bond donors (Lipinski definition) is 0. The Balaban J connectivity index is 1.95. The third kappa shape index (κ3) is 3.43. The van der Waals surface area contributed by atoms with E-state index in [1.165, 1.54) is 6.42 Å². The summed E-state index contributed by atoms with van der Waals surface area (Å²) >= 11 is 2.20. The average molecular weight is 347 g/mol. The summed E-state index contributed by atoms with van der Waals surface area (Å²) < 4.78 is 2.78. The normalized spacial score (nSPS) is 25.0. The number of carbonyl (C=O) groups excluding carboxylic acids is 1. The van der Waals surface area contributed by atoms with Gasteiger partial charge in [-0.1, -0.05) is 13.8 Å². The van der Waals surface area contributed by atoms with Crippen molar-refractivity contribution in [2.45, 2.75) is 26.8 Å². The van der Waals surface area contributed by atoms with Gasteiger partial charge in [0.25, 0.3) is 0 Å². The summed E-state index contributed by atoms with van der Waals surface area (Å²) in [6.07, 6.45) is 4.90. The maximum atomic E-state index is 12.1. The van der Waals surface area contributed by atoms with E-state index in [9.17, 15) is 4.79 Å². The molecular formula is C12H18IN3O. The summed E-state index contributed by atoms with van der Waals surface area (Å²) in [6.45, 7) is 6.57. The number of hydrogen-bond acceptors (Lipinski definition) is 2. The maximum Gasteiger partial charge on any atom is 0.244 e. The molecule has 0 aromatic carbocycles. The van der Waals surface area contributed by atoms with Crippen molar-refractivity contribution in [2.24, 2.45) is 11.8 Å². The average Bonchev–Trinajstić information content (AvgIpc) is 2.62. The highest BCUT2D eigenvalue weighted by atomic mass is 127. The molecule has 4 nitrogen and oxygen atoms in total. The Bertz CT molecular complexity index is 394. The van der Waals surface area contributed by atoms with E-state index < -0.39 is 0 Å². The van der Waals surface area contributed by atoms with Crippen LogP contribution in [0.2, 0.25) is 0 Å². The van der Waals surface area contributed by atoms with Gasteiger partial charge in [-0.15, -0.1) is 0 Å². The molecule has 17 heavy (non-hydrogen) atoms. The van der Waals surface area contributed by atoms with Gasteiger partial charge in [0.15, 0.2) is 0 Å². The molecule has 2 rings (SSSR count). The molecule has 1 amide bonds. The van der Waals surface area contributed by atoms with E-state index >= 15 is 0 Å². The Morgan fingerprint density at radius 3 is 2.65 bits per heavy atom. The first kappa shape index (κ1) is 12.9. The van der Waals surface area contributed by atoms with Gasteiger partial charge in [-0.2, -0.15) is 5.10 Å². The van der Waals surface area contributed by atoms with Crippen molar-refractivity contribution in [3.05, 3.63) is 16.0 Å². The molecule has 0 saturated carbocycles. The number of halogens is 1. The highest BCUT2D eigenvalue weighted by Gasteiger charge is 2.25. The fourth-order valence-corrected chi connectivity index (χ4v) is 2.98. The quantitative estimate of drug-likeness (QED) is 0.768. The van der Waals surface area contributed by atoms with Crippen molar-refractivity contribution in [3.8, 4) is 0 Å². The molecule has 0 N–H and O–H groups in total. The lowest BCUT2D eigenvalue weighted by Crippen LogP contribution is -2.44. The number of rotatable bonds is 2. The number of carbonyl (C=O) groups is 1. The minimum Gasteiger partial charge on any atom is -0.341 e. The van der Waals surface area contributed by atoms with Crippen LogP contribution in [0.15, 0.2) is 12.4 Å². The summed E-state index contributed by atoms with van der Waals surface area (Å²) in [6, 6.07) is 0. The van der Waals surface area contributed by atoms with Crippen molar-refractivity contribution < 1.29 is 4.79 Å². The number of aromatic nitrogens is 2. The van der Waals surface area contributed by atoms with Crippen molar-refractivity contribution >= 4 is 28.5 Å². The molecular weight excluding hydrogens is 329 g/mol. The van der Waals surface area contributed by atoms with Crippen LogP contribution in [-0.4, -0.2) is 33.7 Å². The van der Waals surface area contributed by atoms with Crippen LogP contribution in [0.1, 0.15) is 20.3 Å². The van der Waals surface area contributed by atoms with E-state index in [1.807, 2.05) is 11.1 Å². The molecule has 2 heterocycles. The van der Waals surface area contributed by atoms with E-state index in [-0.39, 0.29) is 5.91 Å². The van der Waals surface area contributed by atoms with E-state index in [0.29, 0.717) is 18.4 Å². The molecule has 1 fully saturated rings. The number of amides is 1. The third-order valence-electron chi connectivity index (χ3n) is 3.12. The van der Waals surface area contributed by atoms with E-state index in [2.05, 4.69) is 41.5 Å². The summed E-state index contributed by atoms with van der Waals surface area (Å²) in [7, 11) is 0. The summed E-state index contributed by atoms with van der Waals surface area (Å²) in [4.78, 5) is 14.1. The van der Waals surface area contributed by atoms with Crippen molar-refractivity contribution in [2.75, 3.05) is 13.1 Å². The first-order valence-electron chi connectivity index (χ1n) is 6.00. The van der Waals surface area contributed by atoms with Gasteiger partial charge in [0, 0.05) is 19.3 Å². The van der Waals surface area contributed by atoms with Crippen LogP contribution >= 0.6 is 22.6 Å². The van der Waals surface area contributed by atoms with Gasteiger partial charge in [0.1, 0.15) is 6.54 Å². The first-order valence-corrected chi connectivity index (χ1v) is 7.08. The highest BCUT2D eigenvalue weighted by molar-refractivity contribution is 14.1. The summed E-state index contributed by atoms with van der Waals surface area (Å²) in [5, 5.41) is 4.15. The molecule has 1 saturated heterocycles. The molecule has 1 aromatic heterocycles. The zero-order valence-corrected chi connectivity index (χ0v) is 12.4. The Labute approximate surface area is 116 Å². The Morgan fingerprint density at radius 1 is 1.47 bits per heavy atom. The molecule has 1 aliphatic heterocycles. The summed E-state index contributed by atoms with van der Waals surface area (Å²) in [5.74, 6) is 1.41. The largest absolute Gasteiger partial charge is 0.341 e. The van der Waals surface area contributed by atoms with Crippen molar-refractivity contribution in [1.82, 2.24) is 14.7 Å². The molecule has 0 unspecified atom stereocenters. The zero-order chi connectivity index (χ0) is 12.4. The summed E-state index contributed by atoms with van der Waals surface area (Å²) in [5.41, 5.74) is 0. The molecule has 1 aromatic rings. The Kier molecular flexibility index (Phi) is 4.06. The SMILES string of the molecule is C[C@@H]1C[C@H](C)CN(C(=O)Cn2cc(I)cn2)C1. The van der Waals surface area contributed by atoms with Crippen LogP contribution in [0.25, 0.3) is 0 Å². The van der Waals surface area contributed by atoms with E-state index in [4.69, 9.17) is 0 Å². The highest BCUT2D eigenvalue weighted by Crippen LogP contribution is 2.21. The number of piperidine rings is 1. The number of nitrogens with zero attached hydrogens (tertiary/aromatic N) is 3. The van der Waals surface area contributed by atoms with E-state index in [1.54, 1.807) is 10.9 Å². The fraction of sp³-hybridized carbons (Fsp3) is 0.667. The predicted molar refractivity (Wildman–Crippen MR) is 74.5 cm³/mol. The molecule has 94 valence electrons. The third-order valence-corrected chi connectivity index (χ3v) is 3.68. The van der Waals surface area contributed by atoms with Crippen LogP contribution in [-0.2, 0) is 11.3 Å². The standard InChI is InChI=1S/C12H18IN3O/c1-9-3-10(2)6-15(5-9)12(17)8-16-7-11(13)4-14-16/h4,7,9-10H,3,5-6,8H2,1-2H3/t9-,10+. The van der Waals surface area contributed by atoms with Crippen LogP contribution in [0.5, 0.6) is 0 Å². The van der Waals surface area contributed by atoms with Crippen molar-refractivity contribution in [1.29, 1.82) is 0 Å². The molecule has 0 radical (unpaired) electrons. The topological polar surface area (TPSA) is 38.1 Å². The monoisotopic (exact) mass is 347 g/mol. The van der Waals surface area contributed by atoms with Gasteiger partial charge < -0.3 is 4.90 Å². The fourth-order valence-electron chi connectivity index (χ4n) is 2.53. The maximum absolute atomic E-state index is 12.1. The van der Waals surface area contributed by atoms with Gasteiger partial charge in [-0.25, -0.2) is 0 Å². The van der Waals surface area contributed by atoms with Gasteiger partial charge >= 0.3 is 0 Å². The molecule has 0 aliphatic carbocycles. The zero-order valence-electron chi connectivity index (χ0n) is 10.3. The Hall–Kier alpha value is -0.590. The molecule has 1 aliphatic rings. The first-order chi connectivity index (χ1) is 8.04. The van der Waals surface area contributed by atoms with E-state index in [0.717, 1.165) is 16.7 Å². The second-order valence-electron chi connectivity index (χ2n) is 5.10. The van der Waals surface area contributed by atoms with Crippen LogP contribution in [0.3, 0.4) is 0 Å². The van der Waals surface area contributed by atoms with Crippen molar-refractivity contribution in [3.63, 3.8) is 0 Å². The lowest BCUT2D eigenvalue weighted by atomic mass is 9.92. The van der Waals surface area contributed by atoms with Crippen LogP contribution in [0.4, 0.5) is 0 Å². The Morgan fingerprint density at radius 2 is 2.12 bits per heavy atom. The smallest absolute Gasteiger partial charge is 0.244 e. The van der Waals surface area contributed by atoms with Gasteiger partial charge in [0.2, 0.25) is 5.91 Å². The second-order valence-corrected chi connectivity index (χ2v) is 6.35. The van der Waals surface area contributed by atoms with Crippen LogP contribution < -0.4 is 0 Å². The molecule has 2 atom stereocenters. The minimum absolute atomic E-state index is 0.183.